The Kier molecular flexibility index (Phi) is 4.59. The van der Waals surface area contributed by atoms with Gasteiger partial charge in [-0.2, -0.15) is 5.10 Å². The van der Waals surface area contributed by atoms with E-state index in [2.05, 4.69) is 15.5 Å². The molecular formula is C15H19N3O3. The summed E-state index contributed by atoms with van der Waals surface area (Å²) >= 11 is 0. The second-order valence-corrected chi connectivity index (χ2v) is 4.92. The molecule has 0 fully saturated rings. The molecule has 0 aliphatic carbocycles. The average Bonchev–Trinajstić information content (AvgIpc) is 2.93. The molecule has 0 bridgehead atoms. The fourth-order valence-electron chi connectivity index (χ4n) is 1.98. The molecule has 2 rings (SSSR count). The van der Waals surface area contributed by atoms with Crippen LogP contribution in [0.5, 0.6) is 5.75 Å². The minimum Gasteiger partial charge on any atom is -0.497 e. The molecule has 2 unspecified atom stereocenters. The highest BCUT2D eigenvalue weighted by Crippen LogP contribution is 2.20. The van der Waals surface area contributed by atoms with Gasteiger partial charge < -0.3 is 15.2 Å². The van der Waals surface area contributed by atoms with Gasteiger partial charge in [-0.15, -0.1) is 0 Å². The van der Waals surface area contributed by atoms with Crippen molar-refractivity contribution in [1.29, 1.82) is 0 Å². The summed E-state index contributed by atoms with van der Waals surface area (Å²) in [5.74, 6) is 0.397. The van der Waals surface area contributed by atoms with Gasteiger partial charge in [0.05, 0.1) is 19.3 Å². The van der Waals surface area contributed by atoms with Crippen molar-refractivity contribution in [3.63, 3.8) is 0 Å². The van der Waals surface area contributed by atoms with Gasteiger partial charge in [-0.3, -0.25) is 9.89 Å². The van der Waals surface area contributed by atoms with Crippen molar-refractivity contribution in [2.45, 2.75) is 26.0 Å². The first-order chi connectivity index (χ1) is 10.0. The number of aliphatic hydroxyl groups is 1. The minimum absolute atomic E-state index is 0.307. The molecule has 1 aromatic heterocycles. The normalized spacial score (nSPS) is 13.5. The number of aryl methyl sites for hydroxylation is 1. The Labute approximate surface area is 123 Å². The van der Waals surface area contributed by atoms with Crippen molar-refractivity contribution >= 4 is 5.91 Å². The molecule has 0 saturated heterocycles. The molecule has 6 nitrogen and oxygen atoms in total. The van der Waals surface area contributed by atoms with E-state index in [4.69, 9.17) is 4.74 Å². The summed E-state index contributed by atoms with van der Waals surface area (Å²) < 4.78 is 5.07. The highest BCUT2D eigenvalue weighted by molar-refractivity contribution is 5.92. The Morgan fingerprint density at radius 1 is 1.38 bits per heavy atom. The van der Waals surface area contributed by atoms with E-state index in [1.807, 2.05) is 6.92 Å². The second kappa shape index (κ2) is 6.41. The quantitative estimate of drug-likeness (QED) is 0.780. The Morgan fingerprint density at radius 2 is 2.05 bits per heavy atom. The predicted octanol–water partition coefficient (Wildman–Crippen LogP) is 1.58. The molecule has 6 heteroatoms. The number of H-pyrrole nitrogens is 1. The fraction of sp³-hybridized carbons (Fsp3) is 0.333. The molecule has 0 radical (unpaired) electrons. The fourth-order valence-corrected chi connectivity index (χ4v) is 1.98. The maximum Gasteiger partial charge on any atom is 0.272 e. The maximum absolute atomic E-state index is 12.0. The zero-order chi connectivity index (χ0) is 15.4. The molecule has 112 valence electrons. The van der Waals surface area contributed by atoms with Crippen molar-refractivity contribution in [3.8, 4) is 5.75 Å². The predicted molar refractivity (Wildman–Crippen MR) is 78.2 cm³/mol. The minimum atomic E-state index is -0.806. The molecule has 1 aromatic carbocycles. The lowest BCUT2D eigenvalue weighted by Crippen LogP contribution is -2.37. The SMILES string of the molecule is COc1ccc(C(O)C(C)NC(=O)c2cc(C)[nH]n2)cc1. The van der Waals surface area contributed by atoms with Crippen molar-refractivity contribution in [3.05, 3.63) is 47.3 Å². The number of aromatic amines is 1. The van der Waals surface area contributed by atoms with Gasteiger partial charge in [-0.1, -0.05) is 12.1 Å². The number of hydrogen-bond acceptors (Lipinski definition) is 4. The number of ether oxygens (including phenoxy) is 1. The van der Waals surface area contributed by atoms with E-state index in [-0.39, 0.29) is 5.91 Å². The molecule has 2 atom stereocenters. The van der Waals surface area contributed by atoms with E-state index in [0.29, 0.717) is 11.3 Å². The van der Waals surface area contributed by atoms with E-state index in [1.54, 1.807) is 44.4 Å². The van der Waals surface area contributed by atoms with Crippen LogP contribution in [0.2, 0.25) is 0 Å². The number of methoxy groups -OCH3 is 1. The molecule has 3 N–H and O–H groups in total. The summed E-state index contributed by atoms with van der Waals surface area (Å²) in [7, 11) is 1.58. The van der Waals surface area contributed by atoms with Crippen LogP contribution >= 0.6 is 0 Å². The molecule has 21 heavy (non-hydrogen) atoms. The van der Waals surface area contributed by atoms with E-state index < -0.39 is 12.1 Å². The van der Waals surface area contributed by atoms with Gasteiger partial charge in [0.15, 0.2) is 0 Å². The molecule has 0 spiro atoms. The zero-order valence-electron chi connectivity index (χ0n) is 12.3. The van der Waals surface area contributed by atoms with E-state index >= 15 is 0 Å². The van der Waals surface area contributed by atoms with E-state index in [0.717, 1.165) is 11.4 Å². The molecule has 1 heterocycles. The molecular weight excluding hydrogens is 270 g/mol. The molecule has 1 amide bonds. The smallest absolute Gasteiger partial charge is 0.272 e. The van der Waals surface area contributed by atoms with Crippen LogP contribution in [0.25, 0.3) is 0 Å². The molecule has 2 aromatic rings. The van der Waals surface area contributed by atoms with Crippen LogP contribution in [0.15, 0.2) is 30.3 Å². The number of hydrogen-bond donors (Lipinski definition) is 3. The zero-order valence-corrected chi connectivity index (χ0v) is 12.3. The monoisotopic (exact) mass is 289 g/mol. The number of aliphatic hydroxyl groups excluding tert-OH is 1. The number of nitrogens with one attached hydrogen (secondary N) is 2. The van der Waals surface area contributed by atoms with Crippen molar-refractivity contribution < 1.29 is 14.6 Å². The van der Waals surface area contributed by atoms with Crippen LogP contribution in [0.3, 0.4) is 0 Å². The van der Waals surface area contributed by atoms with Crippen LogP contribution in [0.1, 0.15) is 34.8 Å². The van der Waals surface area contributed by atoms with Gasteiger partial charge in [0.25, 0.3) is 5.91 Å². The van der Waals surface area contributed by atoms with Crippen LogP contribution in [-0.2, 0) is 0 Å². The summed E-state index contributed by atoms with van der Waals surface area (Å²) in [4.78, 5) is 12.0. The Hall–Kier alpha value is -2.34. The van der Waals surface area contributed by atoms with Crippen molar-refractivity contribution in [2.75, 3.05) is 7.11 Å². The Bertz CT molecular complexity index is 607. The average molecular weight is 289 g/mol. The van der Waals surface area contributed by atoms with E-state index in [1.165, 1.54) is 0 Å². The summed E-state index contributed by atoms with van der Waals surface area (Å²) in [5, 5.41) is 19.6. The second-order valence-electron chi connectivity index (χ2n) is 4.92. The lowest BCUT2D eigenvalue weighted by molar-refractivity contribution is 0.0847. The van der Waals surface area contributed by atoms with Crippen LogP contribution in [0, 0.1) is 6.92 Å². The lowest BCUT2D eigenvalue weighted by Gasteiger charge is -2.20. The summed E-state index contributed by atoms with van der Waals surface area (Å²) in [6.45, 7) is 3.56. The Balaban J connectivity index is 2.01. The van der Waals surface area contributed by atoms with E-state index in [9.17, 15) is 9.90 Å². The third kappa shape index (κ3) is 3.61. The standard InChI is InChI=1S/C15H19N3O3/c1-9-8-13(18-17-9)15(20)16-10(2)14(19)11-4-6-12(21-3)7-5-11/h4-8,10,14,19H,1-3H3,(H,16,20)(H,17,18). The number of carbonyl (C=O) groups excluding carboxylic acids is 1. The number of amides is 1. The third-order valence-electron chi connectivity index (χ3n) is 3.23. The maximum atomic E-state index is 12.0. The summed E-state index contributed by atoms with van der Waals surface area (Å²) in [6, 6.07) is 8.29. The van der Waals surface area contributed by atoms with Crippen LogP contribution < -0.4 is 10.1 Å². The highest BCUT2D eigenvalue weighted by Gasteiger charge is 2.20. The summed E-state index contributed by atoms with van der Waals surface area (Å²) in [6.07, 6.45) is -0.806. The topological polar surface area (TPSA) is 87.2 Å². The van der Waals surface area contributed by atoms with Gasteiger partial charge in [-0.25, -0.2) is 0 Å². The van der Waals surface area contributed by atoms with Gasteiger partial charge in [0.1, 0.15) is 11.4 Å². The van der Waals surface area contributed by atoms with Crippen molar-refractivity contribution in [1.82, 2.24) is 15.5 Å². The van der Waals surface area contributed by atoms with Gasteiger partial charge in [0, 0.05) is 5.69 Å². The molecule has 0 aliphatic rings. The largest absolute Gasteiger partial charge is 0.497 e. The Morgan fingerprint density at radius 3 is 2.57 bits per heavy atom. The highest BCUT2D eigenvalue weighted by atomic mass is 16.5. The number of carbonyl (C=O) groups is 1. The van der Waals surface area contributed by atoms with Gasteiger partial charge in [-0.05, 0) is 37.6 Å². The number of aromatic nitrogens is 2. The van der Waals surface area contributed by atoms with Crippen LogP contribution in [-0.4, -0.2) is 34.4 Å². The molecule has 0 aliphatic heterocycles. The first kappa shape index (κ1) is 15.1. The number of benzene rings is 1. The first-order valence-corrected chi connectivity index (χ1v) is 6.66. The van der Waals surface area contributed by atoms with Crippen molar-refractivity contribution in [2.24, 2.45) is 0 Å². The van der Waals surface area contributed by atoms with Gasteiger partial charge >= 0.3 is 0 Å². The van der Waals surface area contributed by atoms with Gasteiger partial charge in [0.2, 0.25) is 0 Å². The number of nitrogens with zero attached hydrogens (tertiary/aromatic N) is 1. The summed E-state index contributed by atoms with van der Waals surface area (Å²) in [5.41, 5.74) is 1.83. The molecule has 0 saturated carbocycles. The number of rotatable bonds is 5. The third-order valence-corrected chi connectivity index (χ3v) is 3.23. The van der Waals surface area contributed by atoms with Crippen LogP contribution in [0.4, 0.5) is 0 Å². The lowest BCUT2D eigenvalue weighted by atomic mass is 10.0. The first-order valence-electron chi connectivity index (χ1n) is 6.66.